The van der Waals surface area contributed by atoms with Crippen molar-refractivity contribution in [1.29, 1.82) is 0 Å². The summed E-state index contributed by atoms with van der Waals surface area (Å²) in [4.78, 5) is 12.0. The van der Waals surface area contributed by atoms with Crippen molar-refractivity contribution in [2.75, 3.05) is 5.32 Å². The van der Waals surface area contributed by atoms with Crippen LogP contribution in [0, 0.1) is 6.92 Å². The number of alkyl halides is 2. The molecule has 0 atom stereocenters. The van der Waals surface area contributed by atoms with Crippen LogP contribution >= 0.6 is 0 Å². The van der Waals surface area contributed by atoms with E-state index in [2.05, 4.69) is 10.1 Å². The second-order valence-electron chi connectivity index (χ2n) is 4.36. The highest BCUT2D eigenvalue weighted by molar-refractivity contribution is 6.04. The lowest BCUT2D eigenvalue weighted by Gasteiger charge is -2.09. The first-order chi connectivity index (χ1) is 9.95. The van der Waals surface area contributed by atoms with Crippen molar-refractivity contribution in [2.24, 2.45) is 0 Å². The Bertz CT molecular complexity index is 659. The Morgan fingerprint density at radius 3 is 2.67 bits per heavy atom. The molecular formula is C15H13F2NO3. The minimum Gasteiger partial charge on any atom is -0.508 e. The molecule has 21 heavy (non-hydrogen) atoms. The molecule has 0 saturated carbocycles. The number of phenolic OH excluding ortho intramolecular Hbond substituents is 1. The Kier molecular flexibility index (Phi) is 4.37. The van der Waals surface area contributed by atoms with E-state index in [-0.39, 0.29) is 17.1 Å². The van der Waals surface area contributed by atoms with Gasteiger partial charge in [-0.3, -0.25) is 4.79 Å². The predicted octanol–water partition coefficient (Wildman–Crippen LogP) is 3.55. The lowest BCUT2D eigenvalue weighted by atomic mass is 10.1. The van der Waals surface area contributed by atoms with Gasteiger partial charge in [0.2, 0.25) is 0 Å². The number of nitrogens with one attached hydrogen (secondary N) is 1. The fourth-order valence-corrected chi connectivity index (χ4v) is 1.75. The van der Waals surface area contributed by atoms with Gasteiger partial charge in [-0.05, 0) is 48.9 Å². The summed E-state index contributed by atoms with van der Waals surface area (Å²) in [5, 5.41) is 12.0. The molecule has 4 nitrogen and oxygen atoms in total. The first kappa shape index (κ1) is 14.8. The molecule has 0 aromatic heterocycles. The maximum absolute atomic E-state index is 12.1. The fourth-order valence-electron chi connectivity index (χ4n) is 1.75. The monoisotopic (exact) mass is 293 g/mol. The van der Waals surface area contributed by atoms with Gasteiger partial charge < -0.3 is 15.2 Å². The molecule has 0 radical (unpaired) electrons. The molecule has 2 N–H and O–H groups in total. The average Bonchev–Trinajstić information content (AvgIpc) is 2.42. The van der Waals surface area contributed by atoms with Gasteiger partial charge in [-0.2, -0.15) is 8.78 Å². The van der Waals surface area contributed by atoms with Crippen LogP contribution in [0.3, 0.4) is 0 Å². The molecule has 0 fully saturated rings. The second-order valence-corrected chi connectivity index (χ2v) is 4.36. The molecule has 2 aromatic rings. The lowest BCUT2D eigenvalue weighted by Crippen LogP contribution is -2.12. The summed E-state index contributed by atoms with van der Waals surface area (Å²) in [6.45, 7) is -1.25. The van der Waals surface area contributed by atoms with Crippen LogP contribution in [-0.2, 0) is 0 Å². The smallest absolute Gasteiger partial charge is 0.387 e. The van der Waals surface area contributed by atoms with Crippen LogP contribution in [0.15, 0.2) is 42.5 Å². The Morgan fingerprint density at radius 2 is 2.00 bits per heavy atom. The van der Waals surface area contributed by atoms with Crippen molar-refractivity contribution in [3.8, 4) is 11.5 Å². The van der Waals surface area contributed by atoms with Crippen LogP contribution in [0.25, 0.3) is 0 Å². The van der Waals surface area contributed by atoms with Gasteiger partial charge in [0.05, 0.1) is 0 Å². The van der Waals surface area contributed by atoms with E-state index in [9.17, 15) is 18.7 Å². The number of rotatable bonds is 4. The van der Waals surface area contributed by atoms with Crippen molar-refractivity contribution in [2.45, 2.75) is 13.5 Å². The van der Waals surface area contributed by atoms with Crippen LogP contribution in [0.1, 0.15) is 15.9 Å². The number of aryl methyl sites for hydroxylation is 1. The summed E-state index contributed by atoms with van der Waals surface area (Å²) in [7, 11) is 0. The van der Waals surface area contributed by atoms with Gasteiger partial charge in [0, 0.05) is 11.3 Å². The van der Waals surface area contributed by atoms with Gasteiger partial charge in [0.1, 0.15) is 11.5 Å². The number of carbonyl (C=O) groups is 1. The second kappa shape index (κ2) is 6.21. The van der Waals surface area contributed by atoms with Crippen molar-refractivity contribution < 1.29 is 23.4 Å². The number of aromatic hydroxyl groups is 1. The number of hydrogen-bond acceptors (Lipinski definition) is 3. The summed E-state index contributed by atoms with van der Waals surface area (Å²) in [5.41, 5.74) is 1.30. The number of carbonyl (C=O) groups excluding carboxylic acids is 1. The van der Waals surface area contributed by atoms with E-state index < -0.39 is 12.5 Å². The summed E-state index contributed by atoms with van der Waals surface area (Å²) in [6.07, 6.45) is 0. The van der Waals surface area contributed by atoms with E-state index in [1.165, 1.54) is 30.3 Å². The summed E-state index contributed by atoms with van der Waals surface area (Å²) in [6, 6.07) is 10.1. The molecule has 2 aromatic carbocycles. The molecule has 0 unspecified atom stereocenters. The minimum atomic E-state index is -2.94. The number of ether oxygens (including phenoxy) is 1. The maximum Gasteiger partial charge on any atom is 0.387 e. The first-order valence-electron chi connectivity index (χ1n) is 6.11. The third-order valence-electron chi connectivity index (χ3n) is 2.78. The molecule has 110 valence electrons. The van der Waals surface area contributed by atoms with Crippen LogP contribution in [0.2, 0.25) is 0 Å². The molecule has 0 heterocycles. The molecule has 6 heteroatoms. The van der Waals surface area contributed by atoms with Crippen LogP contribution in [-0.4, -0.2) is 17.6 Å². The van der Waals surface area contributed by atoms with Crippen molar-refractivity contribution in [1.82, 2.24) is 0 Å². The van der Waals surface area contributed by atoms with E-state index in [4.69, 9.17) is 0 Å². The number of phenols is 1. The quantitative estimate of drug-likeness (QED) is 0.847. The third-order valence-corrected chi connectivity index (χ3v) is 2.78. The standard InChI is InChI=1S/C15H13F2NO3/c1-9-7-11(5-6-13(9)19)18-14(20)10-3-2-4-12(8-10)21-15(16)17/h2-8,15,19H,1H3,(H,18,20). The van der Waals surface area contributed by atoms with E-state index >= 15 is 0 Å². The normalized spacial score (nSPS) is 10.5. The number of halogens is 2. The van der Waals surface area contributed by atoms with E-state index in [0.717, 1.165) is 0 Å². The number of hydrogen-bond donors (Lipinski definition) is 2. The third kappa shape index (κ3) is 3.92. The fraction of sp³-hybridized carbons (Fsp3) is 0.133. The highest BCUT2D eigenvalue weighted by atomic mass is 19.3. The van der Waals surface area contributed by atoms with Gasteiger partial charge in [-0.15, -0.1) is 0 Å². The van der Waals surface area contributed by atoms with Crippen LogP contribution < -0.4 is 10.1 Å². The Labute approximate surface area is 120 Å². The topological polar surface area (TPSA) is 58.6 Å². The van der Waals surface area contributed by atoms with E-state index in [0.29, 0.717) is 11.3 Å². The summed E-state index contributed by atoms with van der Waals surface area (Å²) < 4.78 is 28.5. The molecule has 0 bridgehead atoms. The van der Waals surface area contributed by atoms with Gasteiger partial charge in [-0.25, -0.2) is 0 Å². The zero-order chi connectivity index (χ0) is 15.4. The lowest BCUT2D eigenvalue weighted by molar-refractivity contribution is -0.0498. The van der Waals surface area contributed by atoms with E-state index in [1.807, 2.05) is 0 Å². The van der Waals surface area contributed by atoms with Gasteiger partial charge in [0.15, 0.2) is 0 Å². The highest BCUT2D eigenvalue weighted by Gasteiger charge is 2.10. The van der Waals surface area contributed by atoms with Crippen LogP contribution in [0.4, 0.5) is 14.5 Å². The molecule has 0 aliphatic rings. The Hall–Kier alpha value is -2.63. The molecule has 0 spiro atoms. The number of anilines is 1. The van der Waals surface area contributed by atoms with Gasteiger partial charge in [-0.1, -0.05) is 6.07 Å². The van der Waals surface area contributed by atoms with Crippen molar-refractivity contribution in [3.05, 3.63) is 53.6 Å². The zero-order valence-corrected chi connectivity index (χ0v) is 11.1. The van der Waals surface area contributed by atoms with Crippen molar-refractivity contribution >= 4 is 11.6 Å². The van der Waals surface area contributed by atoms with Crippen LogP contribution in [0.5, 0.6) is 11.5 Å². The number of amides is 1. The Morgan fingerprint density at radius 1 is 1.24 bits per heavy atom. The minimum absolute atomic E-state index is 0.0838. The predicted molar refractivity (Wildman–Crippen MR) is 73.9 cm³/mol. The number of benzene rings is 2. The highest BCUT2D eigenvalue weighted by Crippen LogP contribution is 2.21. The van der Waals surface area contributed by atoms with Gasteiger partial charge in [0.25, 0.3) is 5.91 Å². The summed E-state index contributed by atoms with van der Waals surface area (Å²) >= 11 is 0. The molecule has 1 amide bonds. The van der Waals surface area contributed by atoms with Crippen molar-refractivity contribution in [3.63, 3.8) is 0 Å². The molecular weight excluding hydrogens is 280 g/mol. The SMILES string of the molecule is Cc1cc(NC(=O)c2cccc(OC(F)F)c2)ccc1O. The maximum atomic E-state index is 12.1. The largest absolute Gasteiger partial charge is 0.508 e. The van der Waals surface area contributed by atoms with Gasteiger partial charge >= 0.3 is 6.61 Å². The molecule has 0 aliphatic carbocycles. The first-order valence-corrected chi connectivity index (χ1v) is 6.11. The molecule has 0 saturated heterocycles. The van der Waals surface area contributed by atoms with E-state index in [1.54, 1.807) is 19.1 Å². The average molecular weight is 293 g/mol. The molecule has 0 aliphatic heterocycles. The zero-order valence-electron chi connectivity index (χ0n) is 11.1. The summed E-state index contributed by atoms with van der Waals surface area (Å²) in [5.74, 6) is -0.417. The Balaban J connectivity index is 2.14. The molecule has 2 rings (SSSR count).